The van der Waals surface area contributed by atoms with Crippen LogP contribution >= 0.6 is 11.6 Å². The lowest BCUT2D eigenvalue weighted by atomic mass is 9.75. The monoisotopic (exact) mass is 312 g/mol. The van der Waals surface area contributed by atoms with Crippen molar-refractivity contribution in [3.63, 3.8) is 0 Å². The highest BCUT2D eigenvalue weighted by Gasteiger charge is 2.41. The SMILES string of the molecule is CCOC1(C(=O)Cc2cccc(Cl)c2F)CCC(C)CC1. The highest BCUT2D eigenvalue weighted by Crippen LogP contribution is 2.36. The first-order valence-corrected chi connectivity index (χ1v) is 7.96. The molecular weight excluding hydrogens is 291 g/mol. The molecule has 0 heterocycles. The summed E-state index contributed by atoms with van der Waals surface area (Å²) < 4.78 is 19.8. The zero-order valence-electron chi connectivity index (χ0n) is 12.6. The van der Waals surface area contributed by atoms with E-state index in [-0.39, 0.29) is 17.2 Å². The van der Waals surface area contributed by atoms with Crippen molar-refractivity contribution in [3.05, 3.63) is 34.6 Å². The minimum atomic E-state index is -0.740. The highest BCUT2D eigenvalue weighted by atomic mass is 35.5. The summed E-state index contributed by atoms with van der Waals surface area (Å²) in [6.07, 6.45) is 3.44. The molecule has 1 aliphatic rings. The fraction of sp³-hybridized carbons (Fsp3) is 0.588. The van der Waals surface area contributed by atoms with Gasteiger partial charge in [0, 0.05) is 13.0 Å². The zero-order valence-corrected chi connectivity index (χ0v) is 13.4. The van der Waals surface area contributed by atoms with Crippen LogP contribution in [0.3, 0.4) is 0 Å². The Balaban J connectivity index is 2.17. The fourth-order valence-corrected chi connectivity index (χ4v) is 3.22. The van der Waals surface area contributed by atoms with Crippen LogP contribution in [0.4, 0.5) is 4.39 Å². The molecule has 0 aliphatic heterocycles. The first kappa shape index (κ1) is 16.4. The fourth-order valence-electron chi connectivity index (χ4n) is 3.03. The number of Topliss-reactive ketones (excluding diaryl/α,β-unsaturated/α-hetero) is 1. The van der Waals surface area contributed by atoms with E-state index in [0.717, 1.165) is 25.7 Å². The summed E-state index contributed by atoms with van der Waals surface area (Å²) in [7, 11) is 0. The summed E-state index contributed by atoms with van der Waals surface area (Å²) >= 11 is 5.78. The molecule has 21 heavy (non-hydrogen) atoms. The number of ether oxygens (including phenoxy) is 1. The van der Waals surface area contributed by atoms with Crippen LogP contribution in [0, 0.1) is 11.7 Å². The molecule has 0 bridgehead atoms. The molecule has 0 spiro atoms. The van der Waals surface area contributed by atoms with E-state index in [9.17, 15) is 9.18 Å². The summed E-state index contributed by atoms with van der Waals surface area (Å²) in [5, 5.41) is 0.0584. The standard InChI is InChI=1S/C17H22ClFO2/c1-3-21-17(9-7-12(2)8-10-17)15(20)11-13-5-4-6-14(18)16(13)19/h4-6,12H,3,7-11H2,1-2H3. The molecule has 2 nitrogen and oxygen atoms in total. The van der Waals surface area contributed by atoms with Gasteiger partial charge in [-0.25, -0.2) is 4.39 Å². The van der Waals surface area contributed by atoms with E-state index in [4.69, 9.17) is 16.3 Å². The molecule has 4 heteroatoms. The number of ketones is 1. The van der Waals surface area contributed by atoms with Gasteiger partial charge in [-0.05, 0) is 50.2 Å². The molecule has 0 N–H and O–H groups in total. The number of hydrogen-bond acceptors (Lipinski definition) is 2. The molecule has 0 amide bonds. The first-order valence-electron chi connectivity index (χ1n) is 7.58. The van der Waals surface area contributed by atoms with Gasteiger partial charge < -0.3 is 4.74 Å². The summed E-state index contributed by atoms with van der Waals surface area (Å²) in [6, 6.07) is 4.78. The number of rotatable bonds is 5. The molecule has 2 rings (SSSR count). The molecule has 0 saturated heterocycles. The zero-order chi connectivity index (χ0) is 15.5. The van der Waals surface area contributed by atoms with Crippen molar-refractivity contribution in [3.8, 4) is 0 Å². The second kappa shape index (κ2) is 6.89. The Morgan fingerprint density at radius 1 is 1.43 bits per heavy atom. The van der Waals surface area contributed by atoms with Crippen LogP contribution < -0.4 is 0 Å². The van der Waals surface area contributed by atoms with Gasteiger partial charge in [0.1, 0.15) is 11.4 Å². The third kappa shape index (κ3) is 3.64. The number of hydrogen-bond donors (Lipinski definition) is 0. The van der Waals surface area contributed by atoms with Gasteiger partial charge in [-0.3, -0.25) is 4.79 Å². The van der Waals surface area contributed by atoms with E-state index in [0.29, 0.717) is 18.1 Å². The van der Waals surface area contributed by atoms with Gasteiger partial charge in [-0.2, -0.15) is 0 Å². The molecular formula is C17H22ClFO2. The van der Waals surface area contributed by atoms with Crippen LogP contribution in [-0.2, 0) is 16.0 Å². The lowest BCUT2D eigenvalue weighted by Crippen LogP contribution is -2.45. The third-order valence-electron chi connectivity index (χ3n) is 4.39. The van der Waals surface area contributed by atoms with Crippen molar-refractivity contribution in [1.29, 1.82) is 0 Å². The highest BCUT2D eigenvalue weighted by molar-refractivity contribution is 6.30. The Bertz CT molecular complexity index is 508. The van der Waals surface area contributed by atoms with Crippen molar-refractivity contribution >= 4 is 17.4 Å². The Hall–Kier alpha value is -0.930. The first-order chi connectivity index (χ1) is 9.98. The minimum absolute atomic E-state index is 0.0302. The van der Waals surface area contributed by atoms with Crippen molar-refractivity contribution < 1.29 is 13.9 Å². The summed E-state index contributed by atoms with van der Waals surface area (Å²) in [6.45, 7) is 4.59. The lowest BCUT2D eigenvalue weighted by Gasteiger charge is -2.38. The average molecular weight is 313 g/mol. The number of carbonyl (C=O) groups excluding carboxylic acids is 1. The summed E-state index contributed by atoms with van der Waals surface area (Å²) in [4.78, 5) is 12.7. The minimum Gasteiger partial charge on any atom is -0.367 e. The second-order valence-corrected chi connectivity index (χ2v) is 6.33. The molecule has 0 aromatic heterocycles. The normalized spacial score (nSPS) is 25.8. The van der Waals surface area contributed by atoms with E-state index < -0.39 is 11.4 Å². The van der Waals surface area contributed by atoms with E-state index >= 15 is 0 Å². The second-order valence-electron chi connectivity index (χ2n) is 5.92. The predicted molar refractivity (Wildman–Crippen MR) is 82.1 cm³/mol. The molecule has 0 atom stereocenters. The van der Waals surface area contributed by atoms with Gasteiger partial charge >= 0.3 is 0 Å². The molecule has 1 saturated carbocycles. The molecule has 0 unspecified atom stereocenters. The number of benzene rings is 1. The average Bonchev–Trinajstić information content (AvgIpc) is 2.46. The van der Waals surface area contributed by atoms with Crippen molar-refractivity contribution in [2.24, 2.45) is 5.92 Å². The van der Waals surface area contributed by atoms with Gasteiger partial charge in [0.15, 0.2) is 5.78 Å². The van der Waals surface area contributed by atoms with E-state index in [2.05, 4.69) is 6.92 Å². The Labute approximate surface area is 130 Å². The lowest BCUT2D eigenvalue weighted by molar-refractivity contribution is -0.149. The molecule has 1 aromatic rings. The van der Waals surface area contributed by atoms with Crippen LogP contribution in [-0.4, -0.2) is 18.0 Å². The van der Waals surface area contributed by atoms with Crippen molar-refractivity contribution in [1.82, 2.24) is 0 Å². The number of carbonyl (C=O) groups is 1. The maximum atomic E-state index is 14.0. The van der Waals surface area contributed by atoms with Gasteiger partial charge in [0.05, 0.1) is 5.02 Å². The smallest absolute Gasteiger partial charge is 0.169 e. The van der Waals surface area contributed by atoms with Gasteiger partial charge in [0.2, 0.25) is 0 Å². The summed E-state index contributed by atoms with van der Waals surface area (Å²) in [5.41, 5.74) is -0.388. The number of halogens is 2. The van der Waals surface area contributed by atoms with E-state index in [1.54, 1.807) is 12.1 Å². The van der Waals surface area contributed by atoms with Crippen LogP contribution in [0.5, 0.6) is 0 Å². The quantitative estimate of drug-likeness (QED) is 0.795. The topological polar surface area (TPSA) is 26.3 Å². The van der Waals surface area contributed by atoms with Gasteiger partial charge in [-0.15, -0.1) is 0 Å². The van der Waals surface area contributed by atoms with Crippen molar-refractivity contribution in [2.75, 3.05) is 6.61 Å². The maximum absolute atomic E-state index is 14.0. The maximum Gasteiger partial charge on any atom is 0.169 e. The summed E-state index contributed by atoms with van der Waals surface area (Å²) in [5.74, 6) is 0.0926. The van der Waals surface area contributed by atoms with Crippen molar-refractivity contribution in [2.45, 2.75) is 51.6 Å². The molecule has 116 valence electrons. The van der Waals surface area contributed by atoms with E-state index in [1.165, 1.54) is 6.07 Å². The van der Waals surface area contributed by atoms with Crippen LogP contribution in [0.1, 0.15) is 45.1 Å². The Morgan fingerprint density at radius 2 is 2.10 bits per heavy atom. The van der Waals surface area contributed by atoms with E-state index in [1.807, 2.05) is 6.92 Å². The van der Waals surface area contributed by atoms with Crippen LogP contribution in [0.15, 0.2) is 18.2 Å². The van der Waals surface area contributed by atoms with Crippen LogP contribution in [0.2, 0.25) is 5.02 Å². The molecule has 0 radical (unpaired) electrons. The molecule has 1 fully saturated rings. The van der Waals surface area contributed by atoms with Crippen LogP contribution in [0.25, 0.3) is 0 Å². The largest absolute Gasteiger partial charge is 0.367 e. The van der Waals surface area contributed by atoms with Gasteiger partial charge in [0.25, 0.3) is 0 Å². The predicted octanol–water partition coefficient (Wildman–Crippen LogP) is 4.58. The molecule has 1 aliphatic carbocycles. The Morgan fingerprint density at radius 3 is 2.71 bits per heavy atom. The third-order valence-corrected chi connectivity index (χ3v) is 4.69. The molecule has 1 aromatic carbocycles. The van der Waals surface area contributed by atoms with Gasteiger partial charge in [-0.1, -0.05) is 30.7 Å². The Kier molecular flexibility index (Phi) is 5.39.